The first-order chi connectivity index (χ1) is 7.20. The van der Waals surface area contributed by atoms with Gasteiger partial charge in [0.25, 0.3) is 5.92 Å². The highest BCUT2D eigenvalue weighted by Crippen LogP contribution is 2.20. The second-order valence-corrected chi connectivity index (χ2v) is 4.81. The summed E-state index contributed by atoms with van der Waals surface area (Å²) >= 11 is 0. The monoisotopic (exact) mass is 237 g/mol. The third-order valence-corrected chi connectivity index (χ3v) is 1.89. The van der Waals surface area contributed by atoms with Gasteiger partial charge in [0, 0.05) is 6.54 Å². The van der Waals surface area contributed by atoms with E-state index in [-0.39, 0.29) is 13.2 Å². The minimum Gasteiger partial charge on any atom is -0.444 e. The number of hydrogen-bond donors (Lipinski definition) is 0. The lowest BCUT2D eigenvalue weighted by Gasteiger charge is -2.27. The van der Waals surface area contributed by atoms with Gasteiger partial charge in [-0.3, -0.25) is 4.90 Å². The second-order valence-electron chi connectivity index (χ2n) is 4.81. The Labute approximate surface area is 93.5 Å². The van der Waals surface area contributed by atoms with Gasteiger partial charge in [-0.15, -0.1) is 0 Å². The first kappa shape index (κ1) is 13.2. The van der Waals surface area contributed by atoms with E-state index in [2.05, 4.69) is 0 Å². The standard InChI is InChI=1S/C10H17F2NO3/c1-9(2,3)16-8(14)13-4-5-15-7-10(11,12)6-13/h4-7H2,1-3H3. The Bertz CT molecular complexity index is 263. The number of ether oxygens (including phenoxy) is 2. The van der Waals surface area contributed by atoms with Crippen LogP contribution in [0.5, 0.6) is 0 Å². The van der Waals surface area contributed by atoms with Crippen molar-refractivity contribution in [3.63, 3.8) is 0 Å². The smallest absolute Gasteiger partial charge is 0.410 e. The number of carbonyl (C=O) groups excluding carboxylic acids is 1. The van der Waals surface area contributed by atoms with Crippen molar-refractivity contribution < 1.29 is 23.0 Å². The zero-order valence-corrected chi connectivity index (χ0v) is 9.76. The molecule has 1 heterocycles. The van der Waals surface area contributed by atoms with Crippen molar-refractivity contribution in [2.24, 2.45) is 0 Å². The summed E-state index contributed by atoms with van der Waals surface area (Å²) in [7, 11) is 0. The molecule has 0 saturated carbocycles. The fourth-order valence-corrected chi connectivity index (χ4v) is 1.28. The largest absolute Gasteiger partial charge is 0.444 e. The molecule has 1 amide bonds. The van der Waals surface area contributed by atoms with E-state index in [9.17, 15) is 13.6 Å². The fraction of sp³-hybridized carbons (Fsp3) is 0.900. The van der Waals surface area contributed by atoms with E-state index in [1.807, 2.05) is 0 Å². The van der Waals surface area contributed by atoms with Crippen molar-refractivity contribution in [3.8, 4) is 0 Å². The van der Waals surface area contributed by atoms with Crippen LogP contribution in [0.1, 0.15) is 20.8 Å². The van der Waals surface area contributed by atoms with E-state index >= 15 is 0 Å². The average Bonchev–Trinajstić information content (AvgIpc) is 2.23. The van der Waals surface area contributed by atoms with Gasteiger partial charge >= 0.3 is 6.09 Å². The van der Waals surface area contributed by atoms with E-state index in [1.54, 1.807) is 20.8 Å². The van der Waals surface area contributed by atoms with Gasteiger partial charge in [0.05, 0.1) is 13.2 Å². The third kappa shape index (κ3) is 4.30. The highest BCUT2D eigenvalue weighted by Gasteiger charge is 2.37. The number of nitrogens with zero attached hydrogens (tertiary/aromatic N) is 1. The SMILES string of the molecule is CC(C)(C)OC(=O)N1CCOCC(F)(F)C1. The Hall–Kier alpha value is -0.910. The molecule has 0 aromatic carbocycles. The fourth-order valence-electron chi connectivity index (χ4n) is 1.28. The maximum Gasteiger partial charge on any atom is 0.410 e. The number of alkyl halides is 2. The summed E-state index contributed by atoms with van der Waals surface area (Å²) in [5.41, 5.74) is -0.681. The number of carbonyl (C=O) groups is 1. The zero-order chi connectivity index (χ0) is 12.4. The molecule has 1 saturated heterocycles. The predicted molar refractivity (Wildman–Crippen MR) is 53.6 cm³/mol. The van der Waals surface area contributed by atoms with Crippen LogP contribution in [0, 0.1) is 0 Å². The molecule has 0 radical (unpaired) electrons. The highest BCUT2D eigenvalue weighted by atomic mass is 19.3. The molecule has 0 spiro atoms. The maximum absolute atomic E-state index is 13.1. The quantitative estimate of drug-likeness (QED) is 0.645. The lowest BCUT2D eigenvalue weighted by Crippen LogP contribution is -2.43. The van der Waals surface area contributed by atoms with Crippen molar-refractivity contribution in [2.75, 3.05) is 26.3 Å². The summed E-state index contributed by atoms with van der Waals surface area (Å²) in [4.78, 5) is 12.6. The molecule has 4 nitrogen and oxygen atoms in total. The lowest BCUT2D eigenvalue weighted by molar-refractivity contribution is -0.0698. The summed E-state index contributed by atoms with van der Waals surface area (Å²) in [6, 6.07) is 0. The molecule has 0 atom stereocenters. The summed E-state index contributed by atoms with van der Waals surface area (Å²) in [5, 5.41) is 0. The van der Waals surface area contributed by atoms with Crippen molar-refractivity contribution in [3.05, 3.63) is 0 Å². The number of amides is 1. The van der Waals surface area contributed by atoms with Crippen LogP contribution in [0.3, 0.4) is 0 Å². The first-order valence-corrected chi connectivity index (χ1v) is 5.13. The van der Waals surface area contributed by atoms with E-state index in [0.717, 1.165) is 4.90 Å². The minimum atomic E-state index is -3.01. The van der Waals surface area contributed by atoms with Gasteiger partial charge in [-0.1, -0.05) is 0 Å². The molecular formula is C10H17F2NO3. The topological polar surface area (TPSA) is 38.8 Å². The van der Waals surface area contributed by atoms with E-state index in [4.69, 9.17) is 9.47 Å². The molecule has 0 aliphatic carbocycles. The van der Waals surface area contributed by atoms with Crippen LogP contribution in [-0.2, 0) is 9.47 Å². The Morgan fingerprint density at radius 3 is 2.62 bits per heavy atom. The van der Waals surface area contributed by atoms with Crippen LogP contribution >= 0.6 is 0 Å². The van der Waals surface area contributed by atoms with Gasteiger partial charge in [-0.05, 0) is 20.8 Å². The van der Waals surface area contributed by atoms with Crippen LogP contribution in [0.15, 0.2) is 0 Å². The molecule has 16 heavy (non-hydrogen) atoms. The molecule has 1 aliphatic heterocycles. The van der Waals surface area contributed by atoms with E-state index in [0.29, 0.717) is 0 Å². The minimum absolute atomic E-state index is 0.106. The number of rotatable bonds is 0. The Balaban J connectivity index is 2.61. The summed E-state index contributed by atoms with van der Waals surface area (Å²) in [5.74, 6) is -3.01. The second kappa shape index (κ2) is 4.53. The Kier molecular flexibility index (Phi) is 3.72. The van der Waals surface area contributed by atoms with Crippen molar-refractivity contribution in [2.45, 2.75) is 32.3 Å². The summed E-state index contributed by atoms with van der Waals surface area (Å²) < 4.78 is 36.0. The van der Waals surface area contributed by atoms with Crippen LogP contribution in [0.25, 0.3) is 0 Å². The normalized spacial score (nSPS) is 21.4. The van der Waals surface area contributed by atoms with Gasteiger partial charge in [0.2, 0.25) is 0 Å². The van der Waals surface area contributed by atoms with Gasteiger partial charge in [0.1, 0.15) is 12.2 Å². The van der Waals surface area contributed by atoms with Crippen LogP contribution in [-0.4, -0.2) is 48.8 Å². The molecule has 1 aliphatic rings. The number of hydrogen-bond acceptors (Lipinski definition) is 3. The van der Waals surface area contributed by atoms with Crippen LogP contribution < -0.4 is 0 Å². The first-order valence-electron chi connectivity index (χ1n) is 5.13. The summed E-state index contributed by atoms with van der Waals surface area (Å²) in [6.45, 7) is 4.01. The summed E-state index contributed by atoms with van der Waals surface area (Å²) in [6.07, 6.45) is -0.724. The molecular weight excluding hydrogens is 220 g/mol. The predicted octanol–water partition coefficient (Wildman–Crippen LogP) is 1.89. The van der Waals surface area contributed by atoms with Gasteiger partial charge in [-0.2, -0.15) is 0 Å². The molecule has 94 valence electrons. The zero-order valence-electron chi connectivity index (χ0n) is 9.76. The maximum atomic E-state index is 13.1. The van der Waals surface area contributed by atoms with Gasteiger partial charge in [-0.25, -0.2) is 13.6 Å². The van der Waals surface area contributed by atoms with Gasteiger partial charge < -0.3 is 9.47 Å². The van der Waals surface area contributed by atoms with E-state index < -0.39 is 30.8 Å². The van der Waals surface area contributed by atoms with Crippen molar-refractivity contribution in [1.82, 2.24) is 4.90 Å². The third-order valence-electron chi connectivity index (χ3n) is 1.89. The Morgan fingerprint density at radius 2 is 2.06 bits per heavy atom. The molecule has 0 N–H and O–H groups in total. The van der Waals surface area contributed by atoms with Crippen LogP contribution in [0.2, 0.25) is 0 Å². The van der Waals surface area contributed by atoms with Crippen molar-refractivity contribution >= 4 is 6.09 Å². The molecule has 1 rings (SSSR count). The number of halogens is 2. The van der Waals surface area contributed by atoms with Gasteiger partial charge in [0.15, 0.2) is 0 Å². The van der Waals surface area contributed by atoms with Crippen LogP contribution in [0.4, 0.5) is 13.6 Å². The average molecular weight is 237 g/mol. The Morgan fingerprint density at radius 1 is 1.44 bits per heavy atom. The highest BCUT2D eigenvalue weighted by molar-refractivity contribution is 5.68. The molecule has 0 unspecified atom stereocenters. The lowest BCUT2D eigenvalue weighted by atomic mass is 10.2. The molecule has 0 aromatic rings. The molecule has 1 fully saturated rings. The van der Waals surface area contributed by atoms with E-state index in [1.165, 1.54) is 0 Å². The molecule has 0 aromatic heterocycles. The van der Waals surface area contributed by atoms with Crippen molar-refractivity contribution in [1.29, 1.82) is 0 Å². The molecule has 0 bridgehead atoms. The molecule has 6 heteroatoms.